The van der Waals surface area contributed by atoms with E-state index in [9.17, 15) is 9.59 Å². The lowest BCUT2D eigenvalue weighted by atomic mass is 10.3. The molecule has 0 unspecified atom stereocenters. The molecule has 0 atom stereocenters. The van der Waals surface area contributed by atoms with E-state index in [0.717, 1.165) is 12.5 Å². The zero-order valence-corrected chi connectivity index (χ0v) is 17.4. The second-order valence-corrected chi connectivity index (χ2v) is 6.47. The van der Waals surface area contributed by atoms with E-state index in [1.54, 1.807) is 11.0 Å². The average molecular weight is 405 g/mol. The van der Waals surface area contributed by atoms with Crippen molar-refractivity contribution in [2.75, 3.05) is 57.8 Å². The Morgan fingerprint density at radius 2 is 1.86 bits per heavy atom. The second kappa shape index (κ2) is 11.8. The van der Waals surface area contributed by atoms with E-state index in [4.69, 9.17) is 9.47 Å². The van der Waals surface area contributed by atoms with Crippen LogP contribution in [0.4, 0.5) is 10.5 Å². The highest BCUT2D eigenvalue weighted by molar-refractivity contribution is 5.88. The van der Waals surface area contributed by atoms with Crippen LogP contribution >= 0.6 is 0 Å². The highest BCUT2D eigenvalue weighted by Crippen LogP contribution is 2.17. The van der Waals surface area contributed by atoms with Crippen molar-refractivity contribution in [2.24, 2.45) is 4.99 Å². The number of hydrogen-bond donors (Lipinski definition) is 2. The quantitative estimate of drug-likeness (QED) is 0.408. The number of rotatable bonds is 7. The molecule has 0 aromatic heterocycles. The summed E-state index contributed by atoms with van der Waals surface area (Å²) in [6.07, 6.45) is -0.260. The summed E-state index contributed by atoms with van der Waals surface area (Å²) < 4.78 is 10.8. The number of ether oxygens (including phenoxy) is 2. The molecule has 0 radical (unpaired) electrons. The molecule has 160 valence electrons. The van der Waals surface area contributed by atoms with Crippen LogP contribution in [0.5, 0.6) is 5.75 Å². The lowest BCUT2D eigenvalue weighted by Gasteiger charge is -2.35. The number of piperazine rings is 1. The number of guanidine groups is 1. The van der Waals surface area contributed by atoms with Crippen molar-refractivity contribution in [1.82, 2.24) is 15.1 Å². The van der Waals surface area contributed by atoms with Gasteiger partial charge in [0.2, 0.25) is 5.91 Å². The molecule has 29 heavy (non-hydrogen) atoms. The first-order valence-electron chi connectivity index (χ1n) is 9.98. The number of carbonyl (C=O) groups excluding carboxylic acids is 2. The highest BCUT2D eigenvalue weighted by Gasteiger charge is 2.23. The molecule has 2 N–H and O–H groups in total. The van der Waals surface area contributed by atoms with Gasteiger partial charge in [0.1, 0.15) is 12.4 Å². The summed E-state index contributed by atoms with van der Waals surface area (Å²) in [5.74, 6) is 1.37. The molecule has 0 bridgehead atoms. The van der Waals surface area contributed by atoms with Gasteiger partial charge in [0, 0.05) is 51.4 Å². The van der Waals surface area contributed by atoms with Crippen LogP contribution < -0.4 is 15.4 Å². The number of anilines is 1. The Bertz CT molecular complexity index is 702. The van der Waals surface area contributed by atoms with Crippen molar-refractivity contribution in [3.63, 3.8) is 0 Å². The van der Waals surface area contributed by atoms with Gasteiger partial charge in [-0.2, -0.15) is 0 Å². The van der Waals surface area contributed by atoms with Gasteiger partial charge in [0.05, 0.1) is 13.2 Å². The second-order valence-electron chi connectivity index (χ2n) is 6.47. The molecule has 0 saturated carbocycles. The van der Waals surface area contributed by atoms with E-state index >= 15 is 0 Å². The van der Waals surface area contributed by atoms with Gasteiger partial charge in [-0.05, 0) is 26.0 Å². The van der Waals surface area contributed by atoms with Crippen molar-refractivity contribution in [2.45, 2.75) is 20.8 Å². The maximum absolute atomic E-state index is 11.8. The van der Waals surface area contributed by atoms with E-state index in [2.05, 4.69) is 20.5 Å². The predicted molar refractivity (Wildman–Crippen MR) is 112 cm³/mol. The Balaban J connectivity index is 1.83. The first-order chi connectivity index (χ1) is 14.0. The molecule has 1 aliphatic heterocycles. The maximum Gasteiger partial charge on any atom is 0.409 e. The lowest BCUT2D eigenvalue weighted by molar-refractivity contribution is -0.114. The summed E-state index contributed by atoms with van der Waals surface area (Å²) in [5.41, 5.74) is 0.700. The molecule has 0 aliphatic carbocycles. The predicted octanol–water partition coefficient (Wildman–Crippen LogP) is 1.76. The molecule has 1 saturated heterocycles. The van der Waals surface area contributed by atoms with Crippen LogP contribution in [0, 0.1) is 0 Å². The van der Waals surface area contributed by atoms with Crippen LogP contribution in [0.3, 0.4) is 0 Å². The van der Waals surface area contributed by atoms with Crippen molar-refractivity contribution in [1.29, 1.82) is 0 Å². The highest BCUT2D eigenvalue weighted by atomic mass is 16.6. The van der Waals surface area contributed by atoms with Crippen LogP contribution in [0.15, 0.2) is 29.3 Å². The fourth-order valence-corrected chi connectivity index (χ4v) is 2.92. The SMILES string of the molecule is CCNC(=NCCOc1cccc(NC(C)=O)c1)N1CCN(C(=O)OCC)CC1. The zero-order chi connectivity index (χ0) is 21.1. The number of nitrogens with one attached hydrogen (secondary N) is 2. The smallest absolute Gasteiger partial charge is 0.409 e. The number of amides is 2. The van der Waals surface area contributed by atoms with Gasteiger partial charge in [-0.15, -0.1) is 0 Å². The van der Waals surface area contributed by atoms with Crippen molar-refractivity contribution >= 4 is 23.6 Å². The van der Waals surface area contributed by atoms with E-state index in [0.29, 0.717) is 57.4 Å². The minimum atomic E-state index is -0.260. The Labute approximate surface area is 172 Å². The fraction of sp³-hybridized carbons (Fsp3) is 0.550. The van der Waals surface area contributed by atoms with Crippen molar-refractivity contribution < 1.29 is 19.1 Å². The molecule has 1 heterocycles. The third-order valence-electron chi connectivity index (χ3n) is 4.22. The zero-order valence-electron chi connectivity index (χ0n) is 17.4. The third kappa shape index (κ3) is 7.52. The summed E-state index contributed by atoms with van der Waals surface area (Å²) in [7, 11) is 0. The minimum absolute atomic E-state index is 0.120. The van der Waals surface area contributed by atoms with Crippen LogP contribution in [0.2, 0.25) is 0 Å². The van der Waals surface area contributed by atoms with Crippen LogP contribution in [0.25, 0.3) is 0 Å². The molecule has 1 fully saturated rings. The summed E-state index contributed by atoms with van der Waals surface area (Å²) in [6.45, 7) is 9.97. The summed E-state index contributed by atoms with van der Waals surface area (Å²) in [6, 6.07) is 7.27. The first kappa shape index (κ1) is 22.3. The minimum Gasteiger partial charge on any atom is -0.492 e. The van der Waals surface area contributed by atoms with Gasteiger partial charge in [0.25, 0.3) is 0 Å². The number of benzene rings is 1. The van der Waals surface area contributed by atoms with Crippen molar-refractivity contribution in [3.05, 3.63) is 24.3 Å². The Morgan fingerprint density at radius 3 is 2.52 bits per heavy atom. The van der Waals surface area contributed by atoms with E-state index < -0.39 is 0 Å². The number of nitrogens with zero attached hydrogens (tertiary/aromatic N) is 3. The summed E-state index contributed by atoms with van der Waals surface area (Å²) in [5, 5.41) is 6.02. The molecule has 1 aliphatic rings. The Kier molecular flexibility index (Phi) is 9.07. The molecule has 1 aromatic carbocycles. The van der Waals surface area contributed by atoms with Crippen LogP contribution in [-0.4, -0.2) is 80.2 Å². The molecule has 1 aromatic rings. The molecule has 2 amide bonds. The fourth-order valence-electron chi connectivity index (χ4n) is 2.92. The molecule has 0 spiro atoms. The van der Waals surface area contributed by atoms with E-state index in [1.165, 1.54) is 6.92 Å². The normalized spacial score (nSPS) is 14.4. The molecule has 9 nitrogen and oxygen atoms in total. The van der Waals surface area contributed by atoms with Gasteiger partial charge in [0.15, 0.2) is 5.96 Å². The van der Waals surface area contributed by atoms with E-state index in [-0.39, 0.29) is 12.0 Å². The number of aliphatic imine (C=N–C) groups is 1. The Hall–Kier alpha value is -2.97. The van der Waals surface area contributed by atoms with Gasteiger partial charge >= 0.3 is 6.09 Å². The maximum atomic E-state index is 11.8. The molecule has 9 heteroatoms. The monoisotopic (exact) mass is 405 g/mol. The molecular formula is C20H31N5O4. The standard InChI is InChI=1S/C20H31N5O4/c1-4-21-19(24-10-12-25(13-11-24)20(27)28-5-2)22-9-14-29-18-8-6-7-17(15-18)23-16(3)26/h6-8,15H,4-5,9-14H2,1-3H3,(H,21,22)(H,23,26). The van der Waals surface area contributed by atoms with Crippen LogP contribution in [-0.2, 0) is 9.53 Å². The molecular weight excluding hydrogens is 374 g/mol. The Morgan fingerprint density at radius 1 is 1.14 bits per heavy atom. The van der Waals surface area contributed by atoms with Gasteiger partial charge in [-0.1, -0.05) is 6.07 Å². The van der Waals surface area contributed by atoms with E-state index in [1.807, 2.05) is 32.0 Å². The number of hydrogen-bond acceptors (Lipinski definition) is 5. The first-order valence-corrected chi connectivity index (χ1v) is 9.98. The number of carbonyl (C=O) groups is 2. The topological polar surface area (TPSA) is 95.5 Å². The van der Waals surface area contributed by atoms with Gasteiger partial charge < -0.3 is 29.9 Å². The van der Waals surface area contributed by atoms with Crippen molar-refractivity contribution in [3.8, 4) is 5.75 Å². The average Bonchev–Trinajstić information content (AvgIpc) is 2.70. The summed E-state index contributed by atoms with van der Waals surface area (Å²) in [4.78, 5) is 31.5. The molecule has 2 rings (SSSR count). The lowest BCUT2D eigenvalue weighted by Crippen LogP contribution is -2.54. The van der Waals surface area contributed by atoms with Gasteiger partial charge in [-0.3, -0.25) is 4.79 Å². The van der Waals surface area contributed by atoms with Gasteiger partial charge in [-0.25, -0.2) is 9.79 Å². The third-order valence-corrected chi connectivity index (χ3v) is 4.22. The largest absolute Gasteiger partial charge is 0.492 e. The summed E-state index contributed by atoms with van der Waals surface area (Å²) >= 11 is 0. The van der Waals surface area contributed by atoms with Crippen LogP contribution in [0.1, 0.15) is 20.8 Å².